The molecule has 0 aliphatic carbocycles. The van der Waals surface area contributed by atoms with E-state index in [1.165, 1.54) is 16.0 Å². The van der Waals surface area contributed by atoms with Crippen LogP contribution >= 0.6 is 23.7 Å². The van der Waals surface area contributed by atoms with Crippen LogP contribution in [0.3, 0.4) is 0 Å². The Morgan fingerprint density at radius 2 is 2.00 bits per heavy atom. The van der Waals surface area contributed by atoms with Gasteiger partial charge in [-0.25, -0.2) is 0 Å². The van der Waals surface area contributed by atoms with E-state index in [9.17, 15) is 0 Å². The summed E-state index contributed by atoms with van der Waals surface area (Å²) >= 11 is 1.82. The molecule has 0 aliphatic rings. The molecule has 1 unspecified atom stereocenters. The molecule has 0 saturated heterocycles. The SMILES string of the molecule is CCNC(Cc1ccccc1N)c1sccc1C.Cl. The summed E-state index contributed by atoms with van der Waals surface area (Å²) in [4.78, 5) is 1.42. The summed E-state index contributed by atoms with van der Waals surface area (Å²) in [6, 6.07) is 10.7. The zero-order chi connectivity index (χ0) is 13.0. The molecule has 0 spiro atoms. The minimum Gasteiger partial charge on any atom is -0.399 e. The van der Waals surface area contributed by atoms with Gasteiger partial charge in [-0.3, -0.25) is 0 Å². The number of thiophene rings is 1. The number of para-hydroxylation sites is 1. The summed E-state index contributed by atoms with van der Waals surface area (Å²) < 4.78 is 0. The van der Waals surface area contributed by atoms with Crippen LogP contribution in [-0.2, 0) is 6.42 Å². The van der Waals surface area contributed by atoms with E-state index in [0.29, 0.717) is 6.04 Å². The molecule has 1 aromatic heterocycles. The van der Waals surface area contributed by atoms with E-state index in [1.54, 1.807) is 0 Å². The Balaban J connectivity index is 0.00000180. The molecule has 0 saturated carbocycles. The van der Waals surface area contributed by atoms with Crippen LogP contribution < -0.4 is 11.1 Å². The van der Waals surface area contributed by atoms with E-state index >= 15 is 0 Å². The zero-order valence-electron chi connectivity index (χ0n) is 11.3. The number of likely N-dealkylation sites (N-methyl/N-ethyl adjacent to an activating group) is 1. The fraction of sp³-hybridized carbons (Fsp3) is 0.333. The van der Waals surface area contributed by atoms with Gasteiger partial charge in [0.2, 0.25) is 0 Å². The highest BCUT2D eigenvalue weighted by atomic mass is 35.5. The van der Waals surface area contributed by atoms with Gasteiger partial charge in [-0.1, -0.05) is 25.1 Å². The maximum Gasteiger partial charge on any atom is 0.0459 e. The Morgan fingerprint density at radius 1 is 1.26 bits per heavy atom. The molecular weight excluding hydrogens is 276 g/mol. The van der Waals surface area contributed by atoms with Crippen LogP contribution in [0.15, 0.2) is 35.7 Å². The van der Waals surface area contributed by atoms with Crippen LogP contribution in [0.1, 0.15) is 29.0 Å². The summed E-state index contributed by atoms with van der Waals surface area (Å²) in [7, 11) is 0. The second-order valence-corrected chi connectivity index (χ2v) is 5.43. The second-order valence-electron chi connectivity index (χ2n) is 4.48. The molecule has 1 aromatic carbocycles. The first-order chi connectivity index (χ1) is 8.72. The van der Waals surface area contributed by atoms with Gasteiger partial charge in [0.1, 0.15) is 0 Å². The minimum absolute atomic E-state index is 0. The monoisotopic (exact) mass is 296 g/mol. The molecule has 0 amide bonds. The van der Waals surface area contributed by atoms with Gasteiger partial charge in [-0.15, -0.1) is 23.7 Å². The number of hydrogen-bond acceptors (Lipinski definition) is 3. The Labute approximate surface area is 125 Å². The number of benzene rings is 1. The quantitative estimate of drug-likeness (QED) is 0.820. The van der Waals surface area contributed by atoms with Crippen molar-refractivity contribution >= 4 is 29.4 Å². The molecule has 3 N–H and O–H groups in total. The third-order valence-corrected chi connectivity index (χ3v) is 4.28. The lowest BCUT2D eigenvalue weighted by molar-refractivity contribution is 0.557. The second kappa shape index (κ2) is 7.53. The van der Waals surface area contributed by atoms with Crippen LogP contribution in [0.25, 0.3) is 0 Å². The van der Waals surface area contributed by atoms with Gasteiger partial charge < -0.3 is 11.1 Å². The number of nitrogens with one attached hydrogen (secondary N) is 1. The smallest absolute Gasteiger partial charge is 0.0459 e. The third kappa shape index (κ3) is 3.96. The highest BCUT2D eigenvalue weighted by Crippen LogP contribution is 2.28. The fourth-order valence-corrected chi connectivity index (χ4v) is 3.19. The van der Waals surface area contributed by atoms with Crippen molar-refractivity contribution in [2.24, 2.45) is 0 Å². The van der Waals surface area contributed by atoms with Gasteiger partial charge in [0.25, 0.3) is 0 Å². The predicted octanol–water partition coefficient (Wildman–Crippen LogP) is 3.95. The number of nitrogen functional groups attached to an aromatic ring is 1. The molecule has 1 heterocycles. The fourth-order valence-electron chi connectivity index (χ4n) is 2.19. The molecular formula is C15H21ClN2S. The number of halogens is 1. The van der Waals surface area contributed by atoms with E-state index in [1.807, 2.05) is 23.5 Å². The van der Waals surface area contributed by atoms with E-state index in [2.05, 4.69) is 42.7 Å². The average Bonchev–Trinajstić information content (AvgIpc) is 2.78. The Morgan fingerprint density at radius 3 is 2.58 bits per heavy atom. The Hall–Kier alpha value is -1.03. The summed E-state index contributed by atoms with van der Waals surface area (Å²) in [5.41, 5.74) is 9.50. The van der Waals surface area contributed by atoms with Crippen LogP contribution in [-0.4, -0.2) is 6.54 Å². The first-order valence-corrected chi connectivity index (χ1v) is 7.21. The van der Waals surface area contributed by atoms with Crippen molar-refractivity contribution in [3.8, 4) is 0 Å². The highest BCUT2D eigenvalue weighted by Gasteiger charge is 2.15. The molecule has 0 bridgehead atoms. The first-order valence-electron chi connectivity index (χ1n) is 6.33. The molecule has 1 atom stereocenters. The summed E-state index contributed by atoms with van der Waals surface area (Å²) in [6.07, 6.45) is 0.946. The van der Waals surface area contributed by atoms with Crippen molar-refractivity contribution in [3.05, 3.63) is 51.7 Å². The number of rotatable bonds is 5. The van der Waals surface area contributed by atoms with Gasteiger partial charge >= 0.3 is 0 Å². The molecule has 4 heteroatoms. The van der Waals surface area contributed by atoms with Crippen molar-refractivity contribution in [2.75, 3.05) is 12.3 Å². The van der Waals surface area contributed by atoms with Crippen molar-refractivity contribution in [2.45, 2.75) is 26.3 Å². The highest BCUT2D eigenvalue weighted by molar-refractivity contribution is 7.10. The van der Waals surface area contributed by atoms with Gasteiger partial charge in [0.05, 0.1) is 0 Å². The maximum atomic E-state index is 6.03. The molecule has 2 nitrogen and oxygen atoms in total. The normalized spacial score (nSPS) is 11.9. The predicted molar refractivity (Wildman–Crippen MR) is 87.3 cm³/mol. The Bertz CT molecular complexity index is 510. The van der Waals surface area contributed by atoms with Crippen LogP contribution in [0, 0.1) is 6.92 Å². The summed E-state index contributed by atoms with van der Waals surface area (Å²) in [5.74, 6) is 0. The molecule has 0 aliphatic heterocycles. The zero-order valence-corrected chi connectivity index (χ0v) is 13.0. The third-order valence-electron chi connectivity index (χ3n) is 3.15. The molecule has 0 fully saturated rings. The molecule has 19 heavy (non-hydrogen) atoms. The van der Waals surface area contributed by atoms with E-state index in [4.69, 9.17) is 5.73 Å². The number of hydrogen-bond donors (Lipinski definition) is 2. The van der Waals surface area contributed by atoms with Gasteiger partial charge in [0, 0.05) is 16.6 Å². The molecule has 2 aromatic rings. The maximum absolute atomic E-state index is 6.03. The van der Waals surface area contributed by atoms with Crippen LogP contribution in [0.4, 0.5) is 5.69 Å². The van der Waals surface area contributed by atoms with E-state index in [0.717, 1.165) is 18.7 Å². The summed E-state index contributed by atoms with van der Waals surface area (Å²) in [6.45, 7) is 5.28. The molecule has 0 radical (unpaired) electrons. The summed E-state index contributed by atoms with van der Waals surface area (Å²) in [5, 5.41) is 5.71. The Kier molecular flexibility index (Phi) is 6.35. The first kappa shape index (κ1) is 16.0. The number of nitrogens with two attached hydrogens (primary N) is 1. The molecule has 104 valence electrons. The lowest BCUT2D eigenvalue weighted by Crippen LogP contribution is -2.23. The lowest BCUT2D eigenvalue weighted by atomic mass is 10.0. The number of aryl methyl sites for hydroxylation is 1. The number of anilines is 1. The van der Waals surface area contributed by atoms with Gasteiger partial charge in [0.15, 0.2) is 0 Å². The van der Waals surface area contributed by atoms with Gasteiger partial charge in [-0.05, 0) is 48.5 Å². The minimum atomic E-state index is 0. The van der Waals surface area contributed by atoms with Gasteiger partial charge in [-0.2, -0.15) is 0 Å². The topological polar surface area (TPSA) is 38.0 Å². The van der Waals surface area contributed by atoms with Crippen LogP contribution in [0.2, 0.25) is 0 Å². The van der Waals surface area contributed by atoms with Crippen molar-refractivity contribution in [3.63, 3.8) is 0 Å². The average molecular weight is 297 g/mol. The lowest BCUT2D eigenvalue weighted by Gasteiger charge is -2.18. The molecule has 2 rings (SSSR count). The largest absolute Gasteiger partial charge is 0.399 e. The van der Waals surface area contributed by atoms with E-state index < -0.39 is 0 Å². The van der Waals surface area contributed by atoms with Crippen molar-refractivity contribution < 1.29 is 0 Å². The standard InChI is InChI=1S/C15H20N2S.ClH/c1-3-17-14(15-11(2)8-9-18-15)10-12-6-4-5-7-13(12)16;/h4-9,14,17H,3,10,16H2,1-2H3;1H. The van der Waals surface area contributed by atoms with Crippen molar-refractivity contribution in [1.29, 1.82) is 0 Å². The van der Waals surface area contributed by atoms with E-state index in [-0.39, 0.29) is 12.4 Å². The van der Waals surface area contributed by atoms with Crippen molar-refractivity contribution in [1.82, 2.24) is 5.32 Å². The van der Waals surface area contributed by atoms with Crippen LogP contribution in [0.5, 0.6) is 0 Å².